The molecule has 1 heterocycles. The van der Waals surface area contributed by atoms with Gasteiger partial charge in [0.05, 0.1) is 6.61 Å². The summed E-state index contributed by atoms with van der Waals surface area (Å²) in [5, 5.41) is 9.02. The maximum Gasteiger partial charge on any atom is 0.248 e. The summed E-state index contributed by atoms with van der Waals surface area (Å²) in [4.78, 5) is 14.1. The van der Waals surface area contributed by atoms with E-state index in [0.717, 1.165) is 18.5 Å². The van der Waals surface area contributed by atoms with E-state index in [1.165, 1.54) is 11.6 Å². The highest BCUT2D eigenvalue weighted by molar-refractivity contribution is 5.19. The van der Waals surface area contributed by atoms with Gasteiger partial charge in [0.25, 0.3) is 0 Å². The molecule has 0 unspecified atom stereocenters. The van der Waals surface area contributed by atoms with E-state index in [2.05, 4.69) is 17.1 Å². The summed E-state index contributed by atoms with van der Waals surface area (Å²) in [5.41, 5.74) is 2.62. The number of aliphatic hydroxyl groups is 1. The Kier molecular flexibility index (Phi) is 3.73. The van der Waals surface area contributed by atoms with Gasteiger partial charge >= 0.3 is 0 Å². The second-order valence-corrected chi connectivity index (χ2v) is 4.02. The van der Waals surface area contributed by atoms with Crippen LogP contribution in [-0.4, -0.2) is 10.1 Å². The first-order chi connectivity index (χ1) is 8.28. The molecule has 0 saturated carbocycles. The molecule has 2 N–H and O–H groups in total. The fourth-order valence-electron chi connectivity index (χ4n) is 1.81. The summed E-state index contributed by atoms with van der Waals surface area (Å²) in [7, 11) is 0. The van der Waals surface area contributed by atoms with Crippen molar-refractivity contribution in [2.24, 2.45) is 0 Å². The second kappa shape index (κ2) is 5.46. The van der Waals surface area contributed by atoms with Crippen LogP contribution in [0.25, 0.3) is 0 Å². The molecule has 0 aliphatic rings. The van der Waals surface area contributed by atoms with Crippen molar-refractivity contribution >= 4 is 0 Å². The molecule has 0 atom stereocenters. The van der Waals surface area contributed by atoms with Gasteiger partial charge in [-0.05, 0) is 30.0 Å². The van der Waals surface area contributed by atoms with Gasteiger partial charge in [0.2, 0.25) is 5.56 Å². The highest BCUT2D eigenvalue weighted by Gasteiger charge is 1.99. The molecule has 0 amide bonds. The van der Waals surface area contributed by atoms with Crippen LogP contribution in [0.15, 0.2) is 47.3 Å². The van der Waals surface area contributed by atoms with Crippen LogP contribution < -0.4 is 5.56 Å². The number of hydrogen-bond acceptors (Lipinski definition) is 2. The van der Waals surface area contributed by atoms with Crippen molar-refractivity contribution < 1.29 is 5.11 Å². The van der Waals surface area contributed by atoms with Crippen molar-refractivity contribution in [2.75, 3.05) is 0 Å². The van der Waals surface area contributed by atoms with Gasteiger partial charge in [-0.3, -0.25) is 4.79 Å². The highest BCUT2D eigenvalue weighted by atomic mass is 16.3. The quantitative estimate of drug-likeness (QED) is 0.837. The molecule has 1 aromatic carbocycles. The van der Waals surface area contributed by atoms with Gasteiger partial charge in [-0.15, -0.1) is 0 Å². The topological polar surface area (TPSA) is 53.1 Å². The normalized spacial score (nSPS) is 10.4. The molecule has 0 bridgehead atoms. The lowest BCUT2D eigenvalue weighted by Gasteiger charge is -2.03. The average Bonchev–Trinajstić information content (AvgIpc) is 2.37. The molecule has 2 aromatic rings. The Hall–Kier alpha value is -1.87. The fraction of sp³-hybridized carbons (Fsp3) is 0.214. The van der Waals surface area contributed by atoms with Gasteiger partial charge in [0, 0.05) is 11.8 Å². The molecule has 88 valence electrons. The minimum atomic E-state index is -0.153. The van der Waals surface area contributed by atoms with Crippen LogP contribution in [0, 0.1) is 0 Å². The smallest absolute Gasteiger partial charge is 0.248 e. The standard InChI is InChI=1S/C14H15NO2/c16-10-12-8-13(15-14(17)9-12)7-6-11-4-2-1-3-5-11/h1-5,8-9,16H,6-7,10H2,(H,15,17). The number of pyridine rings is 1. The molecule has 3 heteroatoms. The van der Waals surface area contributed by atoms with Crippen molar-refractivity contribution in [3.8, 4) is 0 Å². The van der Waals surface area contributed by atoms with Crippen molar-refractivity contribution in [2.45, 2.75) is 19.4 Å². The largest absolute Gasteiger partial charge is 0.392 e. The molecule has 0 saturated heterocycles. The maximum absolute atomic E-state index is 11.3. The van der Waals surface area contributed by atoms with E-state index in [1.807, 2.05) is 24.3 Å². The third-order valence-electron chi connectivity index (χ3n) is 2.67. The van der Waals surface area contributed by atoms with Gasteiger partial charge < -0.3 is 10.1 Å². The Morgan fingerprint density at radius 3 is 2.47 bits per heavy atom. The van der Waals surface area contributed by atoms with E-state index in [4.69, 9.17) is 5.11 Å². The van der Waals surface area contributed by atoms with Crippen molar-refractivity contribution in [3.63, 3.8) is 0 Å². The lowest BCUT2D eigenvalue weighted by atomic mass is 10.1. The fourth-order valence-corrected chi connectivity index (χ4v) is 1.81. The zero-order valence-corrected chi connectivity index (χ0v) is 9.52. The van der Waals surface area contributed by atoms with Gasteiger partial charge in [0.15, 0.2) is 0 Å². The van der Waals surface area contributed by atoms with Gasteiger partial charge in [-0.2, -0.15) is 0 Å². The van der Waals surface area contributed by atoms with Crippen LogP contribution in [0.4, 0.5) is 0 Å². The summed E-state index contributed by atoms with van der Waals surface area (Å²) in [6.45, 7) is -0.0950. The lowest BCUT2D eigenvalue weighted by Crippen LogP contribution is -2.10. The lowest BCUT2D eigenvalue weighted by molar-refractivity contribution is 0.281. The summed E-state index contributed by atoms with van der Waals surface area (Å²) in [6.07, 6.45) is 1.65. The highest BCUT2D eigenvalue weighted by Crippen LogP contribution is 2.05. The van der Waals surface area contributed by atoms with E-state index in [0.29, 0.717) is 5.56 Å². The van der Waals surface area contributed by atoms with E-state index < -0.39 is 0 Å². The van der Waals surface area contributed by atoms with Crippen LogP contribution in [0.3, 0.4) is 0 Å². The zero-order chi connectivity index (χ0) is 12.1. The van der Waals surface area contributed by atoms with Crippen LogP contribution in [0.5, 0.6) is 0 Å². The van der Waals surface area contributed by atoms with Crippen LogP contribution in [0.1, 0.15) is 16.8 Å². The van der Waals surface area contributed by atoms with Gasteiger partial charge in [0.1, 0.15) is 0 Å². The molecule has 17 heavy (non-hydrogen) atoms. The Morgan fingerprint density at radius 2 is 1.76 bits per heavy atom. The van der Waals surface area contributed by atoms with Crippen molar-refractivity contribution in [3.05, 3.63) is 69.6 Å². The minimum Gasteiger partial charge on any atom is -0.392 e. The van der Waals surface area contributed by atoms with E-state index >= 15 is 0 Å². The number of rotatable bonds is 4. The van der Waals surface area contributed by atoms with Crippen LogP contribution in [-0.2, 0) is 19.4 Å². The van der Waals surface area contributed by atoms with Crippen molar-refractivity contribution in [1.82, 2.24) is 4.98 Å². The number of benzene rings is 1. The Bertz CT molecular complexity index is 531. The molecule has 0 spiro atoms. The van der Waals surface area contributed by atoms with Crippen LogP contribution in [0.2, 0.25) is 0 Å². The number of aromatic nitrogens is 1. The predicted molar refractivity (Wildman–Crippen MR) is 66.8 cm³/mol. The molecular weight excluding hydrogens is 214 g/mol. The predicted octanol–water partition coefficient (Wildman–Crippen LogP) is 1.65. The second-order valence-electron chi connectivity index (χ2n) is 4.02. The summed E-state index contributed by atoms with van der Waals surface area (Å²) in [6, 6.07) is 13.4. The number of H-pyrrole nitrogens is 1. The minimum absolute atomic E-state index is 0.0950. The van der Waals surface area contributed by atoms with E-state index in [9.17, 15) is 4.79 Å². The molecule has 0 radical (unpaired) electrons. The average molecular weight is 229 g/mol. The molecular formula is C14H15NO2. The Morgan fingerprint density at radius 1 is 1.00 bits per heavy atom. The molecule has 0 fully saturated rings. The number of nitrogens with one attached hydrogen (secondary N) is 1. The Labute approximate surface area is 99.8 Å². The van der Waals surface area contributed by atoms with Crippen LogP contribution >= 0.6 is 0 Å². The number of aryl methyl sites for hydroxylation is 2. The maximum atomic E-state index is 11.3. The number of aromatic amines is 1. The molecule has 3 nitrogen and oxygen atoms in total. The number of hydrogen-bond donors (Lipinski definition) is 2. The SMILES string of the molecule is O=c1cc(CO)cc(CCc2ccccc2)[nH]1. The molecule has 0 aliphatic heterocycles. The summed E-state index contributed by atoms with van der Waals surface area (Å²) >= 11 is 0. The van der Waals surface area contributed by atoms with E-state index in [-0.39, 0.29) is 12.2 Å². The summed E-state index contributed by atoms with van der Waals surface area (Å²) in [5.74, 6) is 0. The summed E-state index contributed by atoms with van der Waals surface area (Å²) < 4.78 is 0. The Balaban J connectivity index is 2.09. The first kappa shape index (κ1) is 11.6. The monoisotopic (exact) mass is 229 g/mol. The molecule has 0 aliphatic carbocycles. The molecule has 2 rings (SSSR count). The first-order valence-corrected chi connectivity index (χ1v) is 5.65. The molecule has 1 aromatic heterocycles. The first-order valence-electron chi connectivity index (χ1n) is 5.65. The van der Waals surface area contributed by atoms with Gasteiger partial charge in [-0.25, -0.2) is 0 Å². The van der Waals surface area contributed by atoms with Crippen molar-refractivity contribution in [1.29, 1.82) is 0 Å². The third-order valence-corrected chi connectivity index (χ3v) is 2.67. The third kappa shape index (κ3) is 3.29. The van der Waals surface area contributed by atoms with E-state index in [1.54, 1.807) is 0 Å². The zero-order valence-electron chi connectivity index (χ0n) is 9.52. The van der Waals surface area contributed by atoms with Gasteiger partial charge in [-0.1, -0.05) is 30.3 Å². The number of aliphatic hydroxyl groups excluding tert-OH is 1.